The molecule has 0 aliphatic carbocycles. The molecule has 0 spiro atoms. The van der Waals surface area contributed by atoms with Gasteiger partial charge in [0.2, 0.25) is 0 Å². The van der Waals surface area contributed by atoms with Crippen molar-refractivity contribution in [1.82, 2.24) is 4.90 Å². The lowest BCUT2D eigenvalue weighted by Crippen LogP contribution is -2.27. The van der Waals surface area contributed by atoms with Gasteiger partial charge < -0.3 is 9.69 Å². The van der Waals surface area contributed by atoms with Crippen molar-refractivity contribution in [3.63, 3.8) is 0 Å². The highest BCUT2D eigenvalue weighted by Gasteiger charge is 2.04. The fraction of sp³-hybridized carbons (Fsp3) is 0.871. The standard InChI is InChI=1S/C31H59NO/c1-5-8-9-10-11-12-13-16-20-25-31(7-3)26-21-18-23-29-32(27-6-2)28-22-17-14-15-19-24-30(4)33/h3,5-6,8-29H2,1-2,4H3. The van der Waals surface area contributed by atoms with Gasteiger partial charge in [-0.05, 0) is 83.5 Å². The van der Waals surface area contributed by atoms with Crippen molar-refractivity contribution in [2.45, 2.75) is 156 Å². The molecule has 0 bridgehead atoms. The highest BCUT2D eigenvalue weighted by atomic mass is 16.1. The lowest BCUT2D eigenvalue weighted by atomic mass is 10.0. The summed E-state index contributed by atoms with van der Waals surface area (Å²) in [6, 6.07) is 0. The van der Waals surface area contributed by atoms with Crippen molar-refractivity contribution in [3.05, 3.63) is 17.9 Å². The Bertz CT molecular complexity index is 477. The summed E-state index contributed by atoms with van der Waals surface area (Å²) in [7, 11) is 0. The zero-order valence-corrected chi connectivity index (χ0v) is 23.0. The van der Waals surface area contributed by atoms with Crippen LogP contribution in [-0.2, 0) is 4.79 Å². The van der Waals surface area contributed by atoms with Gasteiger partial charge in [0.25, 0.3) is 0 Å². The lowest BCUT2D eigenvalue weighted by Gasteiger charge is -2.21. The average molecular weight is 462 g/mol. The van der Waals surface area contributed by atoms with E-state index in [1.807, 2.05) is 0 Å². The number of nitrogens with zero attached hydrogens (tertiary/aromatic N) is 1. The van der Waals surface area contributed by atoms with Crippen LogP contribution >= 0.6 is 0 Å². The first-order valence-electron chi connectivity index (χ1n) is 14.7. The number of Topliss-reactive ketones (excluding diaryl/α,β-unsaturated/α-hetero) is 1. The first-order chi connectivity index (χ1) is 16.1. The lowest BCUT2D eigenvalue weighted by molar-refractivity contribution is -0.117. The van der Waals surface area contributed by atoms with Gasteiger partial charge in [0.05, 0.1) is 0 Å². The molecule has 0 rings (SSSR count). The Kier molecular flexibility index (Phi) is 25.1. The van der Waals surface area contributed by atoms with Gasteiger partial charge in [0, 0.05) is 6.42 Å². The molecular formula is C31H59NO. The Morgan fingerprint density at radius 1 is 0.576 bits per heavy atom. The van der Waals surface area contributed by atoms with Crippen molar-refractivity contribution in [2.24, 2.45) is 0 Å². The van der Waals surface area contributed by atoms with Crippen LogP contribution in [0, 0.1) is 0 Å². The van der Waals surface area contributed by atoms with Crippen molar-refractivity contribution in [1.29, 1.82) is 0 Å². The number of hydrogen-bond donors (Lipinski definition) is 0. The van der Waals surface area contributed by atoms with Crippen LogP contribution in [0.3, 0.4) is 0 Å². The third kappa shape index (κ3) is 24.1. The maximum atomic E-state index is 11.0. The molecule has 0 aromatic rings. The quantitative estimate of drug-likeness (QED) is 0.0943. The maximum absolute atomic E-state index is 11.0. The van der Waals surface area contributed by atoms with Crippen LogP contribution in [0.5, 0.6) is 0 Å². The molecule has 0 N–H and O–H groups in total. The van der Waals surface area contributed by atoms with Crippen LogP contribution in [0.2, 0.25) is 0 Å². The normalized spacial score (nSPS) is 11.2. The summed E-state index contributed by atoms with van der Waals surface area (Å²) in [5, 5.41) is 0. The van der Waals surface area contributed by atoms with E-state index in [-0.39, 0.29) is 0 Å². The number of rotatable bonds is 26. The Balaban J connectivity index is 3.69. The summed E-state index contributed by atoms with van der Waals surface area (Å²) < 4.78 is 0. The van der Waals surface area contributed by atoms with E-state index in [0.717, 1.165) is 12.8 Å². The molecule has 0 atom stereocenters. The van der Waals surface area contributed by atoms with Crippen LogP contribution in [0.25, 0.3) is 0 Å². The second-order valence-electron chi connectivity index (χ2n) is 10.2. The fourth-order valence-electron chi connectivity index (χ4n) is 4.69. The predicted molar refractivity (Wildman–Crippen MR) is 148 cm³/mol. The predicted octanol–water partition coefficient (Wildman–Crippen LogP) is 9.82. The van der Waals surface area contributed by atoms with E-state index in [0.29, 0.717) is 5.78 Å². The van der Waals surface area contributed by atoms with Crippen molar-refractivity contribution in [3.8, 4) is 0 Å². The van der Waals surface area contributed by atoms with Crippen molar-refractivity contribution < 1.29 is 4.79 Å². The van der Waals surface area contributed by atoms with Crippen molar-refractivity contribution >= 4 is 5.78 Å². The molecule has 194 valence electrons. The summed E-state index contributed by atoms with van der Waals surface area (Å²) in [5.74, 6) is 0.336. The molecule has 0 fully saturated rings. The molecule has 33 heavy (non-hydrogen) atoms. The van der Waals surface area contributed by atoms with E-state index in [2.05, 4.69) is 31.1 Å². The molecule has 0 aromatic carbocycles. The summed E-state index contributed by atoms with van der Waals surface area (Å²) in [6.45, 7) is 14.0. The molecule has 0 aromatic heterocycles. The largest absolute Gasteiger partial charge is 0.303 e. The summed E-state index contributed by atoms with van der Waals surface area (Å²) >= 11 is 0. The van der Waals surface area contributed by atoms with Gasteiger partial charge in [-0.15, -0.1) is 5.73 Å². The number of carbonyl (C=O) groups excluding carboxylic acids is 1. The van der Waals surface area contributed by atoms with Crippen LogP contribution in [0.1, 0.15) is 156 Å². The molecule has 2 heteroatoms. The van der Waals surface area contributed by atoms with Crippen molar-refractivity contribution in [2.75, 3.05) is 19.6 Å². The van der Waals surface area contributed by atoms with E-state index in [4.69, 9.17) is 0 Å². The van der Waals surface area contributed by atoms with Gasteiger partial charge in [-0.3, -0.25) is 0 Å². The molecule has 0 aliphatic rings. The molecular weight excluding hydrogens is 402 g/mol. The smallest absolute Gasteiger partial charge is 0.129 e. The maximum Gasteiger partial charge on any atom is 0.129 e. The molecule has 0 radical (unpaired) electrons. The molecule has 0 aliphatic heterocycles. The van der Waals surface area contributed by atoms with E-state index in [9.17, 15) is 4.79 Å². The van der Waals surface area contributed by atoms with Gasteiger partial charge >= 0.3 is 0 Å². The number of unbranched alkanes of at least 4 members (excludes halogenated alkanes) is 14. The summed E-state index contributed by atoms with van der Waals surface area (Å²) in [6.07, 6.45) is 27.2. The monoisotopic (exact) mass is 461 g/mol. The Labute approximate surface area is 208 Å². The first kappa shape index (κ1) is 32.1. The van der Waals surface area contributed by atoms with Crippen LogP contribution < -0.4 is 0 Å². The minimum absolute atomic E-state index is 0.336. The third-order valence-electron chi connectivity index (χ3n) is 6.83. The SMILES string of the molecule is C=C=C(CCCCCCCCCCC)CCCCCN(CCC)CCCCCCCC(C)=O. The highest BCUT2D eigenvalue weighted by Crippen LogP contribution is 2.17. The van der Waals surface area contributed by atoms with Gasteiger partial charge in [-0.1, -0.05) is 97.5 Å². The molecule has 0 unspecified atom stereocenters. The second kappa shape index (κ2) is 25.8. The molecule has 0 amide bonds. The van der Waals surface area contributed by atoms with Crippen LogP contribution in [-0.4, -0.2) is 30.3 Å². The zero-order chi connectivity index (χ0) is 24.4. The molecule has 0 saturated carbocycles. The molecule has 0 saturated heterocycles. The number of allylic oxidation sites excluding steroid dienone is 1. The summed E-state index contributed by atoms with van der Waals surface area (Å²) in [5.41, 5.74) is 4.71. The minimum atomic E-state index is 0.336. The molecule has 2 nitrogen and oxygen atoms in total. The molecule has 0 heterocycles. The van der Waals surface area contributed by atoms with E-state index < -0.39 is 0 Å². The van der Waals surface area contributed by atoms with Crippen LogP contribution in [0.15, 0.2) is 17.9 Å². The zero-order valence-electron chi connectivity index (χ0n) is 23.0. The van der Waals surface area contributed by atoms with Gasteiger partial charge in [-0.2, -0.15) is 0 Å². The Hall–Kier alpha value is -0.850. The minimum Gasteiger partial charge on any atom is -0.303 e. The van der Waals surface area contributed by atoms with Crippen LogP contribution in [0.4, 0.5) is 0 Å². The fourth-order valence-corrected chi connectivity index (χ4v) is 4.69. The van der Waals surface area contributed by atoms with Gasteiger partial charge in [0.1, 0.15) is 5.78 Å². The van der Waals surface area contributed by atoms with E-state index >= 15 is 0 Å². The number of carbonyl (C=O) groups is 1. The van der Waals surface area contributed by atoms with Gasteiger partial charge in [-0.25, -0.2) is 0 Å². The number of hydrogen-bond acceptors (Lipinski definition) is 2. The Morgan fingerprint density at radius 3 is 1.45 bits per heavy atom. The van der Waals surface area contributed by atoms with E-state index in [1.54, 1.807) is 6.92 Å². The van der Waals surface area contributed by atoms with E-state index in [1.165, 1.54) is 147 Å². The van der Waals surface area contributed by atoms with Gasteiger partial charge in [0.15, 0.2) is 0 Å². The second-order valence-corrected chi connectivity index (χ2v) is 10.2. The highest BCUT2D eigenvalue weighted by molar-refractivity contribution is 5.75. The topological polar surface area (TPSA) is 20.3 Å². The average Bonchev–Trinajstić information content (AvgIpc) is 2.80. The Morgan fingerprint density at radius 2 is 1.00 bits per heavy atom. The first-order valence-corrected chi connectivity index (χ1v) is 14.7. The summed E-state index contributed by atoms with van der Waals surface area (Å²) in [4.78, 5) is 13.7. The third-order valence-corrected chi connectivity index (χ3v) is 6.83. The number of ketones is 1.